The van der Waals surface area contributed by atoms with E-state index >= 15 is 0 Å². The third-order valence-electron chi connectivity index (χ3n) is 1.90. The number of amides is 1. The zero-order valence-corrected chi connectivity index (χ0v) is 11.7. The highest BCUT2D eigenvalue weighted by molar-refractivity contribution is 9.10. The summed E-state index contributed by atoms with van der Waals surface area (Å²) in [5, 5.41) is 3.03. The lowest BCUT2D eigenvalue weighted by Crippen LogP contribution is -2.15. The van der Waals surface area contributed by atoms with Crippen LogP contribution >= 0.6 is 27.5 Å². The molecule has 0 aromatic heterocycles. The van der Waals surface area contributed by atoms with Gasteiger partial charge in [-0.3, -0.25) is 9.59 Å². The Balaban J connectivity index is 2.97. The second-order valence-electron chi connectivity index (χ2n) is 3.40. The first kappa shape index (κ1) is 14.0. The number of methoxy groups -OCH3 is 1. The van der Waals surface area contributed by atoms with Crippen LogP contribution in [0.4, 0.5) is 5.69 Å². The van der Waals surface area contributed by atoms with Crippen LogP contribution < -0.4 is 10.1 Å². The number of Topliss-reactive ketones (excluding diaryl/α,β-unsaturated/α-hetero) is 1. The fraction of sp³-hybridized carbons (Fsp3) is 0.273. The standard InChI is InChI=1S/C11H11BrClNO3/c1-6(15)3-10(16)14-9-5-7(13)4-8(12)11(9)17-2/h4-5H,3H2,1-2H3,(H,14,16). The van der Waals surface area contributed by atoms with Crippen LogP contribution in [-0.4, -0.2) is 18.8 Å². The second kappa shape index (κ2) is 6.02. The molecule has 1 rings (SSSR count). The minimum atomic E-state index is -0.398. The molecule has 0 radical (unpaired) electrons. The molecular formula is C11H11BrClNO3. The molecule has 0 spiro atoms. The van der Waals surface area contributed by atoms with Gasteiger partial charge < -0.3 is 10.1 Å². The van der Waals surface area contributed by atoms with E-state index in [0.29, 0.717) is 20.9 Å². The van der Waals surface area contributed by atoms with E-state index in [1.807, 2.05) is 0 Å². The highest BCUT2D eigenvalue weighted by Gasteiger charge is 2.13. The molecule has 0 bridgehead atoms. The monoisotopic (exact) mass is 319 g/mol. The fourth-order valence-electron chi connectivity index (χ4n) is 1.28. The van der Waals surface area contributed by atoms with Gasteiger partial charge in [-0.2, -0.15) is 0 Å². The molecule has 4 nitrogen and oxygen atoms in total. The lowest BCUT2D eigenvalue weighted by atomic mass is 10.2. The van der Waals surface area contributed by atoms with Crippen molar-refractivity contribution in [3.05, 3.63) is 21.6 Å². The minimum absolute atomic E-state index is 0.173. The Morgan fingerprint density at radius 1 is 1.47 bits per heavy atom. The minimum Gasteiger partial charge on any atom is -0.493 e. The smallest absolute Gasteiger partial charge is 0.231 e. The molecular weight excluding hydrogens is 309 g/mol. The number of hydrogen-bond donors (Lipinski definition) is 1. The summed E-state index contributed by atoms with van der Waals surface area (Å²) in [4.78, 5) is 22.3. The van der Waals surface area contributed by atoms with Crippen LogP contribution in [0.5, 0.6) is 5.75 Å². The zero-order valence-electron chi connectivity index (χ0n) is 9.34. The first-order chi connectivity index (χ1) is 7.93. The number of anilines is 1. The van der Waals surface area contributed by atoms with E-state index in [1.54, 1.807) is 12.1 Å². The number of rotatable bonds is 4. The fourth-order valence-corrected chi connectivity index (χ4v) is 2.25. The zero-order chi connectivity index (χ0) is 13.0. The molecule has 6 heteroatoms. The van der Waals surface area contributed by atoms with E-state index in [-0.39, 0.29) is 12.2 Å². The molecule has 0 unspecified atom stereocenters. The maximum atomic E-state index is 11.5. The normalized spacial score (nSPS) is 9.88. The van der Waals surface area contributed by atoms with Gasteiger partial charge in [0.05, 0.1) is 23.7 Å². The van der Waals surface area contributed by atoms with E-state index in [0.717, 1.165) is 0 Å². The summed E-state index contributed by atoms with van der Waals surface area (Å²) in [6.45, 7) is 1.35. The van der Waals surface area contributed by atoms with Crippen molar-refractivity contribution in [3.63, 3.8) is 0 Å². The lowest BCUT2D eigenvalue weighted by Gasteiger charge is -2.11. The molecule has 0 aliphatic rings. The summed E-state index contributed by atoms with van der Waals surface area (Å²) in [7, 11) is 1.48. The van der Waals surface area contributed by atoms with E-state index in [1.165, 1.54) is 14.0 Å². The highest BCUT2D eigenvalue weighted by Crippen LogP contribution is 2.36. The van der Waals surface area contributed by atoms with E-state index in [4.69, 9.17) is 16.3 Å². The molecule has 0 aliphatic heterocycles. The molecule has 1 aromatic carbocycles. The predicted molar refractivity (Wildman–Crippen MR) is 69.6 cm³/mol. The topological polar surface area (TPSA) is 55.4 Å². The van der Waals surface area contributed by atoms with Crippen molar-refractivity contribution in [3.8, 4) is 5.75 Å². The third-order valence-corrected chi connectivity index (χ3v) is 2.70. The van der Waals surface area contributed by atoms with Crippen molar-refractivity contribution in [2.75, 3.05) is 12.4 Å². The average molecular weight is 321 g/mol. The molecule has 92 valence electrons. The van der Waals surface area contributed by atoms with Crippen molar-refractivity contribution < 1.29 is 14.3 Å². The molecule has 0 saturated carbocycles. The van der Waals surface area contributed by atoms with E-state index < -0.39 is 5.91 Å². The molecule has 1 N–H and O–H groups in total. The van der Waals surface area contributed by atoms with E-state index in [2.05, 4.69) is 21.2 Å². The van der Waals surface area contributed by atoms with Gasteiger partial charge in [-0.15, -0.1) is 0 Å². The van der Waals surface area contributed by atoms with Crippen LogP contribution in [0.3, 0.4) is 0 Å². The van der Waals surface area contributed by atoms with Crippen LogP contribution in [0, 0.1) is 0 Å². The number of ketones is 1. The summed E-state index contributed by atoms with van der Waals surface area (Å²) in [6, 6.07) is 3.21. The Morgan fingerprint density at radius 3 is 2.65 bits per heavy atom. The first-order valence-corrected chi connectivity index (χ1v) is 5.93. The number of benzene rings is 1. The maximum Gasteiger partial charge on any atom is 0.231 e. The molecule has 1 aromatic rings. The van der Waals surface area contributed by atoms with Gasteiger partial charge in [0.1, 0.15) is 5.78 Å². The molecule has 0 saturated heterocycles. The number of halogens is 2. The maximum absolute atomic E-state index is 11.5. The van der Waals surface area contributed by atoms with Crippen LogP contribution in [-0.2, 0) is 9.59 Å². The summed E-state index contributed by atoms with van der Waals surface area (Å²) in [6.07, 6.45) is -0.173. The van der Waals surface area contributed by atoms with Crippen LogP contribution in [0.25, 0.3) is 0 Å². The Labute approximate surface area is 112 Å². The van der Waals surface area contributed by atoms with Gasteiger partial charge in [0.15, 0.2) is 5.75 Å². The van der Waals surface area contributed by atoms with Crippen LogP contribution in [0.2, 0.25) is 5.02 Å². The number of ether oxygens (including phenoxy) is 1. The number of nitrogens with one attached hydrogen (secondary N) is 1. The summed E-state index contributed by atoms with van der Waals surface area (Å²) < 4.78 is 5.76. The summed E-state index contributed by atoms with van der Waals surface area (Å²) in [5.41, 5.74) is 0.429. The number of hydrogen-bond acceptors (Lipinski definition) is 3. The SMILES string of the molecule is COc1c(Br)cc(Cl)cc1NC(=O)CC(C)=O. The Hall–Kier alpha value is -1.07. The van der Waals surface area contributed by atoms with Crippen molar-refractivity contribution in [1.82, 2.24) is 0 Å². The number of carbonyl (C=O) groups excluding carboxylic acids is 2. The Kier molecular flexibility index (Phi) is 4.96. The number of carbonyl (C=O) groups is 2. The molecule has 0 atom stereocenters. The van der Waals surface area contributed by atoms with Gasteiger partial charge in [0, 0.05) is 5.02 Å². The largest absolute Gasteiger partial charge is 0.493 e. The van der Waals surface area contributed by atoms with Crippen LogP contribution in [0.15, 0.2) is 16.6 Å². The van der Waals surface area contributed by atoms with Gasteiger partial charge in [-0.05, 0) is 35.0 Å². The Bertz CT molecular complexity index is 462. The van der Waals surface area contributed by atoms with Crippen molar-refractivity contribution in [2.24, 2.45) is 0 Å². The van der Waals surface area contributed by atoms with Crippen molar-refractivity contribution >= 4 is 44.9 Å². The van der Waals surface area contributed by atoms with Crippen LogP contribution in [0.1, 0.15) is 13.3 Å². The lowest BCUT2D eigenvalue weighted by molar-refractivity contribution is -0.124. The van der Waals surface area contributed by atoms with Gasteiger partial charge in [-0.1, -0.05) is 11.6 Å². The molecule has 0 heterocycles. The Morgan fingerprint density at radius 2 is 2.12 bits per heavy atom. The molecule has 17 heavy (non-hydrogen) atoms. The van der Waals surface area contributed by atoms with E-state index in [9.17, 15) is 9.59 Å². The summed E-state index contributed by atoms with van der Waals surface area (Å²) >= 11 is 9.14. The van der Waals surface area contributed by atoms with Gasteiger partial charge in [-0.25, -0.2) is 0 Å². The quantitative estimate of drug-likeness (QED) is 0.868. The third kappa shape index (κ3) is 4.02. The summed E-state index contributed by atoms with van der Waals surface area (Å²) in [5.74, 6) is -0.140. The van der Waals surface area contributed by atoms with Gasteiger partial charge >= 0.3 is 0 Å². The molecule has 0 fully saturated rings. The molecule has 0 aliphatic carbocycles. The molecule has 1 amide bonds. The van der Waals surface area contributed by atoms with Crippen molar-refractivity contribution in [2.45, 2.75) is 13.3 Å². The second-order valence-corrected chi connectivity index (χ2v) is 4.69. The van der Waals surface area contributed by atoms with Gasteiger partial charge in [0.25, 0.3) is 0 Å². The average Bonchev–Trinajstić information content (AvgIpc) is 2.15. The van der Waals surface area contributed by atoms with Crippen molar-refractivity contribution in [1.29, 1.82) is 0 Å². The first-order valence-electron chi connectivity index (χ1n) is 4.76. The van der Waals surface area contributed by atoms with Gasteiger partial charge in [0.2, 0.25) is 5.91 Å². The predicted octanol–water partition coefficient (Wildman–Crippen LogP) is 3.03. The highest BCUT2D eigenvalue weighted by atomic mass is 79.9.